The van der Waals surface area contributed by atoms with Crippen LogP contribution in [0.1, 0.15) is 54.1 Å². The minimum atomic E-state index is -0.170. The van der Waals surface area contributed by atoms with Gasteiger partial charge in [-0.15, -0.1) is 0 Å². The molecule has 0 saturated carbocycles. The highest BCUT2D eigenvalue weighted by Gasteiger charge is 2.34. The van der Waals surface area contributed by atoms with Crippen molar-refractivity contribution in [3.8, 4) is 0 Å². The van der Waals surface area contributed by atoms with Gasteiger partial charge < -0.3 is 4.90 Å². The lowest BCUT2D eigenvalue weighted by molar-refractivity contribution is -0.142. The van der Waals surface area contributed by atoms with E-state index in [1.54, 1.807) is 12.1 Å². The van der Waals surface area contributed by atoms with E-state index in [-0.39, 0.29) is 30.3 Å². The fourth-order valence-electron chi connectivity index (χ4n) is 3.68. The third-order valence-electron chi connectivity index (χ3n) is 5.71. The van der Waals surface area contributed by atoms with Crippen molar-refractivity contribution in [2.75, 3.05) is 13.6 Å². The monoisotopic (exact) mass is 405 g/mol. The van der Waals surface area contributed by atoms with E-state index in [1.807, 2.05) is 20.8 Å². The standard InChI is InChI=1S/C25H31N3O2/c1-16(2)25(30)27(6)15-24(29)28-23(20-10-7-17(3)8-11-20)14-22(26-28)21-12-9-18(4)19(5)13-21/h7-13,16,23H,14-15H2,1-6H3/t23-/m0/s1. The van der Waals surface area contributed by atoms with Crippen LogP contribution in [-0.2, 0) is 9.59 Å². The molecule has 5 nitrogen and oxygen atoms in total. The Hall–Kier alpha value is -2.95. The Balaban J connectivity index is 1.92. The summed E-state index contributed by atoms with van der Waals surface area (Å²) in [4.78, 5) is 26.9. The quantitative estimate of drug-likeness (QED) is 0.740. The van der Waals surface area contributed by atoms with Crippen LogP contribution in [0.4, 0.5) is 0 Å². The molecule has 2 aromatic carbocycles. The van der Waals surface area contributed by atoms with Gasteiger partial charge in [0.1, 0.15) is 6.54 Å². The van der Waals surface area contributed by atoms with Crippen LogP contribution in [0.15, 0.2) is 47.6 Å². The molecule has 30 heavy (non-hydrogen) atoms. The first-order valence-electron chi connectivity index (χ1n) is 10.5. The number of nitrogens with zero attached hydrogens (tertiary/aromatic N) is 3. The maximum absolute atomic E-state index is 13.2. The first-order valence-corrected chi connectivity index (χ1v) is 10.5. The summed E-state index contributed by atoms with van der Waals surface area (Å²) in [5.74, 6) is -0.368. The van der Waals surface area contributed by atoms with Gasteiger partial charge in [-0.05, 0) is 49.1 Å². The van der Waals surface area contributed by atoms with Gasteiger partial charge in [-0.1, -0.05) is 55.8 Å². The minimum Gasteiger partial charge on any atom is -0.336 e. The van der Waals surface area contributed by atoms with Gasteiger partial charge in [0.05, 0.1) is 11.8 Å². The summed E-state index contributed by atoms with van der Waals surface area (Å²) in [6.07, 6.45) is 0.652. The van der Waals surface area contributed by atoms with Gasteiger partial charge in [-0.25, -0.2) is 5.01 Å². The smallest absolute Gasteiger partial charge is 0.262 e. The maximum atomic E-state index is 13.2. The van der Waals surface area contributed by atoms with Crippen LogP contribution in [0.2, 0.25) is 0 Å². The largest absolute Gasteiger partial charge is 0.336 e. The van der Waals surface area contributed by atoms with Crippen LogP contribution in [-0.4, -0.2) is 41.0 Å². The molecule has 2 amide bonds. The molecule has 3 rings (SSSR count). The van der Waals surface area contributed by atoms with Crippen molar-refractivity contribution in [3.63, 3.8) is 0 Å². The van der Waals surface area contributed by atoms with Crippen molar-refractivity contribution in [3.05, 3.63) is 70.3 Å². The van der Waals surface area contributed by atoms with Gasteiger partial charge in [0.25, 0.3) is 5.91 Å². The Morgan fingerprint density at radius 1 is 1.07 bits per heavy atom. The molecular weight excluding hydrogens is 374 g/mol. The molecule has 0 spiro atoms. The summed E-state index contributed by atoms with van der Waals surface area (Å²) in [7, 11) is 1.67. The van der Waals surface area contributed by atoms with Gasteiger partial charge in [0, 0.05) is 19.4 Å². The summed E-state index contributed by atoms with van der Waals surface area (Å²) in [5.41, 5.74) is 6.59. The van der Waals surface area contributed by atoms with Crippen molar-refractivity contribution < 1.29 is 9.59 Å². The number of likely N-dealkylation sites (N-methyl/N-ethyl adjacent to an activating group) is 1. The molecular formula is C25H31N3O2. The molecule has 1 aliphatic heterocycles. The Morgan fingerprint density at radius 2 is 1.73 bits per heavy atom. The second-order valence-electron chi connectivity index (χ2n) is 8.56. The second-order valence-corrected chi connectivity index (χ2v) is 8.56. The summed E-state index contributed by atoms with van der Waals surface area (Å²) in [5, 5.41) is 6.30. The highest BCUT2D eigenvalue weighted by molar-refractivity contribution is 6.03. The predicted octanol–water partition coefficient (Wildman–Crippen LogP) is 4.40. The first-order chi connectivity index (χ1) is 14.2. The van der Waals surface area contributed by atoms with E-state index >= 15 is 0 Å². The molecule has 5 heteroatoms. The van der Waals surface area contributed by atoms with E-state index in [1.165, 1.54) is 21.6 Å². The number of hydrazone groups is 1. The Kier molecular flexibility index (Phi) is 6.40. The van der Waals surface area contributed by atoms with Crippen molar-refractivity contribution in [1.29, 1.82) is 0 Å². The second kappa shape index (κ2) is 8.82. The summed E-state index contributed by atoms with van der Waals surface area (Å²) < 4.78 is 0. The number of amides is 2. The number of benzene rings is 2. The summed E-state index contributed by atoms with van der Waals surface area (Å²) in [6.45, 7) is 9.91. The summed E-state index contributed by atoms with van der Waals surface area (Å²) >= 11 is 0. The molecule has 1 aliphatic rings. The van der Waals surface area contributed by atoms with E-state index in [4.69, 9.17) is 5.10 Å². The lowest BCUT2D eigenvalue weighted by atomic mass is 9.96. The molecule has 0 radical (unpaired) electrons. The molecule has 0 aromatic heterocycles. The normalized spacial score (nSPS) is 16.0. The Labute approximate surface area is 179 Å². The third-order valence-corrected chi connectivity index (χ3v) is 5.71. The SMILES string of the molecule is Cc1ccc([C@@H]2CC(c3ccc(C)c(C)c3)=NN2C(=O)CN(C)C(=O)C(C)C)cc1. The number of aryl methyl sites for hydroxylation is 3. The summed E-state index contributed by atoms with van der Waals surface area (Å²) in [6, 6.07) is 14.3. The molecule has 0 bridgehead atoms. The van der Waals surface area contributed by atoms with Crippen LogP contribution in [0, 0.1) is 26.7 Å². The minimum absolute atomic E-state index is 0.0169. The van der Waals surface area contributed by atoms with Crippen molar-refractivity contribution >= 4 is 17.5 Å². The zero-order valence-electron chi connectivity index (χ0n) is 18.8. The number of hydrogen-bond donors (Lipinski definition) is 0. The van der Waals surface area contributed by atoms with Crippen LogP contribution >= 0.6 is 0 Å². The Morgan fingerprint density at radius 3 is 2.33 bits per heavy atom. The molecule has 0 aliphatic carbocycles. The Bertz CT molecular complexity index is 976. The van der Waals surface area contributed by atoms with Gasteiger partial charge in [0.2, 0.25) is 5.91 Å². The fraction of sp³-hybridized carbons (Fsp3) is 0.400. The first kappa shape index (κ1) is 21.8. The third kappa shape index (κ3) is 4.61. The average Bonchev–Trinajstić information content (AvgIpc) is 3.15. The number of hydrogen-bond acceptors (Lipinski definition) is 3. The van der Waals surface area contributed by atoms with Gasteiger partial charge in [-0.2, -0.15) is 5.10 Å². The van der Waals surface area contributed by atoms with E-state index in [0.29, 0.717) is 6.42 Å². The average molecular weight is 406 g/mol. The molecule has 2 aromatic rings. The van der Waals surface area contributed by atoms with Crippen LogP contribution in [0.25, 0.3) is 0 Å². The molecule has 0 unspecified atom stereocenters. The number of rotatable bonds is 5. The number of carbonyl (C=O) groups is 2. The topological polar surface area (TPSA) is 53.0 Å². The zero-order chi connectivity index (χ0) is 22.0. The molecule has 1 heterocycles. The van der Waals surface area contributed by atoms with Gasteiger partial charge in [-0.3, -0.25) is 9.59 Å². The molecule has 0 fully saturated rings. The van der Waals surface area contributed by atoms with Gasteiger partial charge >= 0.3 is 0 Å². The van der Waals surface area contributed by atoms with Crippen LogP contribution in [0.5, 0.6) is 0 Å². The van der Waals surface area contributed by atoms with Crippen molar-refractivity contribution in [2.45, 2.75) is 47.1 Å². The van der Waals surface area contributed by atoms with Gasteiger partial charge in [0.15, 0.2) is 0 Å². The van der Waals surface area contributed by atoms with Crippen molar-refractivity contribution in [1.82, 2.24) is 9.91 Å². The highest BCUT2D eigenvalue weighted by Crippen LogP contribution is 2.33. The lowest BCUT2D eigenvalue weighted by Gasteiger charge is -2.25. The molecule has 0 N–H and O–H groups in total. The predicted molar refractivity (Wildman–Crippen MR) is 120 cm³/mol. The van der Waals surface area contributed by atoms with Crippen LogP contribution < -0.4 is 0 Å². The lowest BCUT2D eigenvalue weighted by Crippen LogP contribution is -2.40. The number of carbonyl (C=O) groups excluding carboxylic acids is 2. The van der Waals surface area contributed by atoms with Crippen LogP contribution in [0.3, 0.4) is 0 Å². The van der Waals surface area contributed by atoms with E-state index in [9.17, 15) is 9.59 Å². The fourth-order valence-corrected chi connectivity index (χ4v) is 3.68. The van der Waals surface area contributed by atoms with E-state index in [0.717, 1.165) is 16.8 Å². The van der Waals surface area contributed by atoms with E-state index in [2.05, 4.69) is 56.3 Å². The zero-order valence-corrected chi connectivity index (χ0v) is 18.8. The molecule has 0 saturated heterocycles. The highest BCUT2D eigenvalue weighted by atomic mass is 16.2. The maximum Gasteiger partial charge on any atom is 0.262 e. The van der Waals surface area contributed by atoms with Crippen molar-refractivity contribution in [2.24, 2.45) is 11.0 Å². The molecule has 158 valence electrons. The molecule has 1 atom stereocenters. The van der Waals surface area contributed by atoms with E-state index < -0.39 is 0 Å².